The summed E-state index contributed by atoms with van der Waals surface area (Å²) in [5.74, 6) is 0. The van der Waals surface area contributed by atoms with Gasteiger partial charge in [-0.15, -0.1) is 0 Å². The number of para-hydroxylation sites is 2. The van der Waals surface area contributed by atoms with Crippen LogP contribution < -0.4 is 4.90 Å². The summed E-state index contributed by atoms with van der Waals surface area (Å²) in [7, 11) is 0. The summed E-state index contributed by atoms with van der Waals surface area (Å²) in [4.78, 5) is 2.32. The monoisotopic (exact) mass is 703 g/mol. The fourth-order valence-corrected chi connectivity index (χ4v) is 9.09. The molecular weight excluding hydrogens is 667 g/mol. The van der Waals surface area contributed by atoms with Crippen molar-refractivity contribution in [1.29, 1.82) is 0 Å². The Balaban J connectivity index is 1.03. The maximum absolute atomic E-state index is 6.94. The first kappa shape index (κ1) is 31.6. The van der Waals surface area contributed by atoms with E-state index in [1.165, 1.54) is 49.5 Å². The van der Waals surface area contributed by atoms with Crippen LogP contribution in [0.15, 0.2) is 192 Å². The van der Waals surface area contributed by atoms with Gasteiger partial charge in [0.1, 0.15) is 11.2 Å². The molecule has 260 valence electrons. The van der Waals surface area contributed by atoms with Crippen LogP contribution in [0.2, 0.25) is 0 Å². The van der Waals surface area contributed by atoms with E-state index in [4.69, 9.17) is 4.42 Å². The van der Waals surface area contributed by atoms with Crippen molar-refractivity contribution in [3.05, 3.63) is 199 Å². The van der Waals surface area contributed by atoms with E-state index in [0.717, 1.165) is 55.5 Å². The highest BCUT2D eigenvalue weighted by molar-refractivity contribution is 6.20. The highest BCUT2D eigenvalue weighted by atomic mass is 16.3. The molecule has 0 atom stereocenters. The van der Waals surface area contributed by atoms with Gasteiger partial charge in [-0.05, 0) is 104 Å². The molecule has 1 aliphatic rings. The molecule has 0 fully saturated rings. The summed E-state index contributed by atoms with van der Waals surface area (Å²) in [6.45, 7) is 4.70. The molecule has 1 heterocycles. The fraction of sp³-hybridized carbons (Fsp3) is 0.0566. The summed E-state index contributed by atoms with van der Waals surface area (Å²) in [5.41, 5.74) is 15.2. The van der Waals surface area contributed by atoms with Gasteiger partial charge in [-0.1, -0.05) is 153 Å². The minimum Gasteiger partial charge on any atom is -0.455 e. The molecule has 10 aromatic rings. The zero-order valence-corrected chi connectivity index (χ0v) is 30.8. The van der Waals surface area contributed by atoms with E-state index in [2.05, 4.69) is 207 Å². The van der Waals surface area contributed by atoms with Crippen molar-refractivity contribution in [3.8, 4) is 33.4 Å². The lowest BCUT2D eigenvalue weighted by Gasteiger charge is -2.26. The maximum atomic E-state index is 6.94. The molecule has 11 rings (SSSR count). The van der Waals surface area contributed by atoms with Gasteiger partial charge in [-0.3, -0.25) is 0 Å². The highest BCUT2D eigenvalue weighted by Crippen LogP contribution is 2.50. The first-order valence-electron chi connectivity index (χ1n) is 19.1. The van der Waals surface area contributed by atoms with Crippen molar-refractivity contribution in [1.82, 2.24) is 0 Å². The standard InChI is InChI=1S/C53H37NO/c1-53(2)49-22-11-10-18-43(49)44-30-26-37(32-50(44)53)47-33-48-46-21-12-20-41(51(46)55-52(48)45-19-9-8-17-42(45)47)35-24-27-39(28-25-35)54(38-15-4-3-5-16-38)40-29-23-34-13-6-7-14-36(34)31-40/h3-33H,1-2H3. The summed E-state index contributed by atoms with van der Waals surface area (Å²) >= 11 is 0. The third-order valence-electron chi connectivity index (χ3n) is 11.8. The van der Waals surface area contributed by atoms with E-state index in [1.54, 1.807) is 0 Å². The maximum Gasteiger partial charge on any atom is 0.143 e. The Morgan fingerprint density at radius 2 is 0.982 bits per heavy atom. The second-order valence-corrected chi connectivity index (χ2v) is 15.3. The van der Waals surface area contributed by atoms with Crippen LogP contribution in [-0.2, 0) is 5.41 Å². The molecule has 55 heavy (non-hydrogen) atoms. The van der Waals surface area contributed by atoms with Crippen molar-refractivity contribution >= 4 is 60.5 Å². The molecule has 0 bridgehead atoms. The summed E-state index contributed by atoms with van der Waals surface area (Å²) in [6, 6.07) is 68.2. The van der Waals surface area contributed by atoms with Gasteiger partial charge in [-0.2, -0.15) is 0 Å². The molecule has 2 nitrogen and oxygen atoms in total. The number of furan rings is 1. The average molecular weight is 704 g/mol. The molecule has 0 amide bonds. The molecular formula is C53H37NO. The second kappa shape index (κ2) is 12.1. The lowest BCUT2D eigenvalue weighted by Crippen LogP contribution is -2.14. The van der Waals surface area contributed by atoms with E-state index in [0.29, 0.717) is 0 Å². The first-order chi connectivity index (χ1) is 27.0. The molecule has 0 saturated carbocycles. The van der Waals surface area contributed by atoms with E-state index in [-0.39, 0.29) is 5.41 Å². The Labute approximate surface area is 320 Å². The van der Waals surface area contributed by atoms with Crippen molar-refractivity contribution < 1.29 is 4.42 Å². The Hall–Kier alpha value is -6.90. The molecule has 2 heteroatoms. The number of nitrogens with zero attached hydrogens (tertiary/aromatic N) is 1. The predicted molar refractivity (Wildman–Crippen MR) is 232 cm³/mol. The van der Waals surface area contributed by atoms with Crippen LogP contribution >= 0.6 is 0 Å². The number of hydrogen-bond donors (Lipinski definition) is 0. The molecule has 0 saturated heterocycles. The quantitative estimate of drug-likeness (QED) is 0.177. The molecule has 0 unspecified atom stereocenters. The van der Waals surface area contributed by atoms with Gasteiger partial charge < -0.3 is 9.32 Å². The summed E-state index contributed by atoms with van der Waals surface area (Å²) in [5, 5.41) is 7.04. The van der Waals surface area contributed by atoms with Gasteiger partial charge in [-0.25, -0.2) is 0 Å². The van der Waals surface area contributed by atoms with Gasteiger partial charge in [0, 0.05) is 44.2 Å². The Kier molecular flexibility index (Phi) is 6.93. The van der Waals surface area contributed by atoms with E-state index in [1.807, 2.05) is 0 Å². The molecule has 1 aliphatic carbocycles. The second-order valence-electron chi connectivity index (χ2n) is 15.3. The van der Waals surface area contributed by atoms with E-state index >= 15 is 0 Å². The van der Waals surface area contributed by atoms with Gasteiger partial charge >= 0.3 is 0 Å². The predicted octanol–water partition coefficient (Wildman–Crippen LogP) is 15.0. The molecule has 0 aliphatic heterocycles. The Morgan fingerprint density at radius 1 is 0.364 bits per heavy atom. The zero-order chi connectivity index (χ0) is 36.7. The van der Waals surface area contributed by atoms with Gasteiger partial charge in [0.2, 0.25) is 0 Å². The highest BCUT2D eigenvalue weighted by Gasteiger charge is 2.35. The van der Waals surface area contributed by atoms with Crippen LogP contribution in [-0.4, -0.2) is 0 Å². The average Bonchev–Trinajstić information content (AvgIpc) is 3.73. The van der Waals surface area contributed by atoms with Crippen LogP contribution in [0.5, 0.6) is 0 Å². The largest absolute Gasteiger partial charge is 0.455 e. The third kappa shape index (κ3) is 4.88. The smallest absolute Gasteiger partial charge is 0.143 e. The SMILES string of the molecule is CC1(C)c2ccccc2-c2ccc(-c3cc4c5cccc(-c6ccc(N(c7ccccc7)c7ccc8ccccc8c7)cc6)c5oc4c4ccccc34)cc21. The Morgan fingerprint density at radius 3 is 1.84 bits per heavy atom. The number of fused-ring (bicyclic) bond motifs is 9. The van der Waals surface area contributed by atoms with Crippen LogP contribution in [0.4, 0.5) is 17.1 Å². The van der Waals surface area contributed by atoms with Gasteiger partial charge in [0.15, 0.2) is 0 Å². The topological polar surface area (TPSA) is 16.4 Å². The molecule has 0 N–H and O–H groups in total. The normalized spacial score (nSPS) is 13.1. The lowest BCUT2D eigenvalue weighted by atomic mass is 9.81. The minimum absolute atomic E-state index is 0.0672. The van der Waals surface area contributed by atoms with Crippen LogP contribution in [0.3, 0.4) is 0 Å². The van der Waals surface area contributed by atoms with Gasteiger partial charge in [0.25, 0.3) is 0 Å². The van der Waals surface area contributed by atoms with Crippen LogP contribution in [0, 0.1) is 0 Å². The first-order valence-corrected chi connectivity index (χ1v) is 19.1. The lowest BCUT2D eigenvalue weighted by molar-refractivity contribution is 0.660. The van der Waals surface area contributed by atoms with Crippen molar-refractivity contribution in [2.45, 2.75) is 19.3 Å². The summed E-state index contributed by atoms with van der Waals surface area (Å²) in [6.07, 6.45) is 0. The Bertz CT molecular complexity index is 3110. The third-order valence-corrected chi connectivity index (χ3v) is 11.8. The minimum atomic E-state index is -0.0672. The van der Waals surface area contributed by atoms with Crippen LogP contribution in [0.25, 0.3) is 76.9 Å². The van der Waals surface area contributed by atoms with E-state index in [9.17, 15) is 0 Å². The molecule has 9 aromatic carbocycles. The number of anilines is 3. The van der Waals surface area contributed by atoms with Crippen LogP contribution in [0.1, 0.15) is 25.0 Å². The molecule has 0 spiro atoms. The molecule has 1 aromatic heterocycles. The van der Waals surface area contributed by atoms with Crippen molar-refractivity contribution in [2.75, 3.05) is 4.90 Å². The summed E-state index contributed by atoms with van der Waals surface area (Å²) < 4.78 is 6.94. The fourth-order valence-electron chi connectivity index (χ4n) is 9.09. The number of rotatable bonds is 5. The van der Waals surface area contributed by atoms with Crippen molar-refractivity contribution in [2.24, 2.45) is 0 Å². The molecule has 0 radical (unpaired) electrons. The van der Waals surface area contributed by atoms with Crippen molar-refractivity contribution in [3.63, 3.8) is 0 Å². The zero-order valence-electron chi connectivity index (χ0n) is 30.8. The van der Waals surface area contributed by atoms with E-state index < -0.39 is 0 Å². The van der Waals surface area contributed by atoms with Gasteiger partial charge in [0.05, 0.1) is 0 Å². The number of benzene rings is 9. The number of hydrogen-bond acceptors (Lipinski definition) is 2.